The molecule has 0 N–H and O–H groups in total. The second kappa shape index (κ2) is 6.46. The molecule has 0 saturated heterocycles. The summed E-state index contributed by atoms with van der Waals surface area (Å²) in [5, 5.41) is 12.4. The number of rotatable bonds is 5. The fourth-order valence-corrected chi connectivity index (χ4v) is 2.60. The summed E-state index contributed by atoms with van der Waals surface area (Å²) in [5.74, 6) is -0.620. The molecule has 0 spiro atoms. The molecule has 126 valence electrons. The molecule has 1 atom stereocenters. The molecule has 0 unspecified atom stereocenters. The molecule has 1 aromatic carbocycles. The summed E-state index contributed by atoms with van der Waals surface area (Å²) in [4.78, 5) is 4.31. The van der Waals surface area contributed by atoms with Crippen LogP contribution in [-0.4, -0.2) is 29.8 Å². The Morgan fingerprint density at radius 2 is 1.96 bits per heavy atom. The number of hydrogen-bond acceptors (Lipinski definition) is 4. The van der Waals surface area contributed by atoms with Crippen molar-refractivity contribution in [2.75, 3.05) is 0 Å². The van der Waals surface area contributed by atoms with Crippen LogP contribution in [0.5, 0.6) is 0 Å². The monoisotopic (exact) mass is 332 g/mol. The van der Waals surface area contributed by atoms with E-state index in [2.05, 4.69) is 34.2 Å². The van der Waals surface area contributed by atoms with Crippen LogP contribution in [0.4, 0.5) is 8.78 Å². The predicted molar refractivity (Wildman–Crippen MR) is 84.0 cm³/mol. The zero-order valence-corrected chi connectivity index (χ0v) is 13.7. The molecular formula is C16H18F2N6. The van der Waals surface area contributed by atoms with Crippen molar-refractivity contribution in [1.29, 1.82) is 0 Å². The molecule has 0 bridgehead atoms. The molecule has 0 aliphatic heterocycles. The molecule has 0 saturated carbocycles. The molecule has 3 rings (SSSR count). The van der Waals surface area contributed by atoms with Crippen LogP contribution in [0.15, 0.2) is 30.7 Å². The van der Waals surface area contributed by atoms with Crippen LogP contribution in [0.1, 0.15) is 32.1 Å². The summed E-state index contributed by atoms with van der Waals surface area (Å²) in [6.45, 7) is 4.22. The average molecular weight is 332 g/mol. The third-order valence-corrected chi connectivity index (χ3v) is 3.78. The summed E-state index contributed by atoms with van der Waals surface area (Å²) in [6, 6.07) is 3.54. The van der Waals surface area contributed by atoms with Gasteiger partial charge in [-0.2, -0.15) is 5.10 Å². The van der Waals surface area contributed by atoms with Gasteiger partial charge < -0.3 is 0 Å². The number of aromatic nitrogens is 6. The summed E-state index contributed by atoms with van der Waals surface area (Å²) in [6.07, 6.45) is 4.01. The highest BCUT2D eigenvalue weighted by Gasteiger charge is 2.22. The van der Waals surface area contributed by atoms with Gasteiger partial charge in [-0.15, -0.1) is 5.10 Å². The van der Waals surface area contributed by atoms with Crippen molar-refractivity contribution in [1.82, 2.24) is 29.8 Å². The zero-order chi connectivity index (χ0) is 17.3. The van der Waals surface area contributed by atoms with E-state index < -0.39 is 11.6 Å². The average Bonchev–Trinajstić information content (AvgIpc) is 3.17. The SMILES string of the molecule is CC(C)C[C@H](c1ncnn1C)n1cc(-c2ccc(F)c(F)c2)nn1. The van der Waals surface area contributed by atoms with Gasteiger partial charge >= 0.3 is 0 Å². The van der Waals surface area contributed by atoms with Crippen LogP contribution < -0.4 is 0 Å². The normalized spacial score (nSPS) is 12.8. The molecule has 8 heteroatoms. The second-order valence-electron chi connectivity index (χ2n) is 6.10. The van der Waals surface area contributed by atoms with E-state index in [0.717, 1.165) is 24.4 Å². The van der Waals surface area contributed by atoms with E-state index in [1.807, 2.05) is 7.05 Å². The summed E-state index contributed by atoms with van der Waals surface area (Å²) < 4.78 is 29.9. The Morgan fingerprint density at radius 1 is 1.17 bits per heavy atom. The number of benzene rings is 1. The van der Waals surface area contributed by atoms with Gasteiger partial charge in [0.1, 0.15) is 18.1 Å². The van der Waals surface area contributed by atoms with Gasteiger partial charge in [-0.3, -0.25) is 4.68 Å². The minimum absolute atomic E-state index is 0.135. The molecule has 0 fully saturated rings. The highest BCUT2D eigenvalue weighted by molar-refractivity contribution is 5.57. The maximum atomic E-state index is 13.4. The first kappa shape index (κ1) is 16.2. The molecule has 2 aromatic heterocycles. The number of hydrogen-bond donors (Lipinski definition) is 0. The standard InChI is InChI=1S/C16H18F2N6/c1-10(2)6-15(16-19-9-20-23(16)3)24-8-14(21-22-24)11-4-5-12(17)13(18)7-11/h4-5,7-10,15H,6H2,1-3H3/t15-/m1/s1. The quantitative estimate of drug-likeness (QED) is 0.721. The lowest BCUT2D eigenvalue weighted by atomic mass is 10.0. The molecular weight excluding hydrogens is 314 g/mol. The molecule has 6 nitrogen and oxygen atoms in total. The first-order valence-corrected chi connectivity index (χ1v) is 7.67. The van der Waals surface area contributed by atoms with Gasteiger partial charge in [0.25, 0.3) is 0 Å². The second-order valence-corrected chi connectivity index (χ2v) is 6.10. The van der Waals surface area contributed by atoms with Crippen LogP contribution in [0.2, 0.25) is 0 Å². The van der Waals surface area contributed by atoms with E-state index >= 15 is 0 Å². The highest BCUT2D eigenvalue weighted by atomic mass is 19.2. The van der Waals surface area contributed by atoms with Crippen molar-refractivity contribution in [3.63, 3.8) is 0 Å². The zero-order valence-electron chi connectivity index (χ0n) is 13.7. The molecule has 0 aliphatic rings. The lowest BCUT2D eigenvalue weighted by Crippen LogP contribution is -2.18. The van der Waals surface area contributed by atoms with Crippen LogP contribution >= 0.6 is 0 Å². The number of halogens is 2. The predicted octanol–water partition coefficient (Wildman–Crippen LogP) is 2.99. The lowest BCUT2D eigenvalue weighted by molar-refractivity contribution is 0.387. The Kier molecular flexibility index (Phi) is 4.37. The fraction of sp³-hybridized carbons (Fsp3) is 0.375. The van der Waals surface area contributed by atoms with Crippen LogP contribution in [0, 0.1) is 17.6 Å². The maximum Gasteiger partial charge on any atom is 0.159 e. The van der Waals surface area contributed by atoms with Crippen molar-refractivity contribution in [3.05, 3.63) is 48.2 Å². The summed E-state index contributed by atoms with van der Waals surface area (Å²) in [5.41, 5.74) is 0.950. The van der Waals surface area contributed by atoms with Crippen LogP contribution in [0.3, 0.4) is 0 Å². The third kappa shape index (κ3) is 3.17. The lowest BCUT2D eigenvalue weighted by Gasteiger charge is -2.17. The van der Waals surface area contributed by atoms with E-state index in [4.69, 9.17) is 0 Å². The van der Waals surface area contributed by atoms with E-state index in [0.29, 0.717) is 17.2 Å². The van der Waals surface area contributed by atoms with Gasteiger partial charge in [-0.1, -0.05) is 19.1 Å². The largest absolute Gasteiger partial charge is 0.251 e. The Hall–Kier alpha value is -2.64. The molecule has 0 aliphatic carbocycles. The first-order chi connectivity index (χ1) is 11.5. The van der Waals surface area contributed by atoms with E-state index in [1.54, 1.807) is 15.6 Å². The van der Waals surface area contributed by atoms with Gasteiger partial charge in [0.15, 0.2) is 17.5 Å². The Balaban J connectivity index is 1.97. The number of aryl methyl sites for hydroxylation is 1. The van der Waals surface area contributed by atoms with Crippen molar-refractivity contribution in [2.45, 2.75) is 26.3 Å². The van der Waals surface area contributed by atoms with Gasteiger partial charge in [0.05, 0.1) is 6.20 Å². The first-order valence-electron chi connectivity index (χ1n) is 7.67. The van der Waals surface area contributed by atoms with E-state index in [1.165, 1.54) is 12.4 Å². The van der Waals surface area contributed by atoms with Gasteiger partial charge in [0.2, 0.25) is 0 Å². The van der Waals surface area contributed by atoms with Gasteiger partial charge in [-0.25, -0.2) is 18.4 Å². The van der Waals surface area contributed by atoms with Crippen LogP contribution in [0.25, 0.3) is 11.3 Å². The van der Waals surface area contributed by atoms with Crippen LogP contribution in [-0.2, 0) is 7.05 Å². The van der Waals surface area contributed by atoms with Gasteiger partial charge in [-0.05, 0) is 30.5 Å². The third-order valence-electron chi connectivity index (χ3n) is 3.78. The molecule has 24 heavy (non-hydrogen) atoms. The molecule has 2 heterocycles. The molecule has 0 radical (unpaired) electrons. The minimum atomic E-state index is -0.908. The molecule has 0 amide bonds. The summed E-state index contributed by atoms with van der Waals surface area (Å²) >= 11 is 0. The Bertz CT molecular complexity index is 839. The maximum absolute atomic E-state index is 13.4. The Morgan fingerprint density at radius 3 is 2.58 bits per heavy atom. The van der Waals surface area contributed by atoms with Gasteiger partial charge in [0, 0.05) is 12.6 Å². The van der Waals surface area contributed by atoms with E-state index in [-0.39, 0.29) is 6.04 Å². The van der Waals surface area contributed by atoms with Crippen molar-refractivity contribution in [2.24, 2.45) is 13.0 Å². The Labute approximate surface area is 138 Å². The van der Waals surface area contributed by atoms with Crippen molar-refractivity contribution in [3.8, 4) is 11.3 Å². The van der Waals surface area contributed by atoms with E-state index in [9.17, 15) is 8.78 Å². The van der Waals surface area contributed by atoms with Crippen molar-refractivity contribution >= 4 is 0 Å². The highest BCUT2D eigenvalue weighted by Crippen LogP contribution is 2.26. The number of nitrogens with zero attached hydrogens (tertiary/aromatic N) is 6. The topological polar surface area (TPSA) is 61.4 Å². The molecule has 3 aromatic rings. The smallest absolute Gasteiger partial charge is 0.159 e. The summed E-state index contributed by atoms with van der Waals surface area (Å²) in [7, 11) is 1.82. The minimum Gasteiger partial charge on any atom is -0.251 e. The fourth-order valence-electron chi connectivity index (χ4n) is 2.60. The van der Waals surface area contributed by atoms with Crippen molar-refractivity contribution < 1.29 is 8.78 Å².